The highest BCUT2D eigenvalue weighted by atomic mass is 16.7. The molecule has 0 radical (unpaired) electrons. The summed E-state index contributed by atoms with van der Waals surface area (Å²) in [7, 11) is 0. The predicted molar refractivity (Wildman–Crippen MR) is 79.5 cm³/mol. The Morgan fingerprint density at radius 2 is 1.90 bits per heavy atom. The van der Waals surface area contributed by atoms with Crippen molar-refractivity contribution in [3.8, 4) is 0 Å². The minimum Gasteiger partial charge on any atom is -0.299 e. The van der Waals surface area contributed by atoms with Gasteiger partial charge in [-0.1, -0.05) is 30.3 Å². The number of hydrogen-bond donors (Lipinski definition) is 0. The molecule has 1 aromatic carbocycles. The first-order valence-electron chi connectivity index (χ1n) is 7.99. The molecular formula is C17H22N2O2. The Morgan fingerprint density at radius 1 is 1.14 bits per heavy atom. The zero-order valence-corrected chi connectivity index (χ0v) is 12.3. The lowest BCUT2D eigenvalue weighted by Crippen LogP contribution is -2.51. The van der Waals surface area contributed by atoms with Crippen LogP contribution in [0.1, 0.15) is 31.2 Å². The zero-order valence-electron chi connectivity index (χ0n) is 12.3. The largest absolute Gasteiger partial charge is 0.299 e. The van der Waals surface area contributed by atoms with Gasteiger partial charge in [-0.25, -0.2) is 0 Å². The fourth-order valence-electron chi connectivity index (χ4n) is 4.01. The van der Waals surface area contributed by atoms with Crippen molar-refractivity contribution in [1.29, 1.82) is 0 Å². The molecule has 4 rings (SSSR count). The Hall–Kier alpha value is -1.23. The van der Waals surface area contributed by atoms with Gasteiger partial charge in [-0.05, 0) is 18.4 Å². The van der Waals surface area contributed by atoms with Crippen LogP contribution in [0.5, 0.6) is 0 Å². The number of hydrogen-bond acceptors (Lipinski definition) is 4. The molecule has 4 nitrogen and oxygen atoms in total. The van der Waals surface area contributed by atoms with Crippen LogP contribution in [0.2, 0.25) is 0 Å². The van der Waals surface area contributed by atoms with Crippen molar-refractivity contribution >= 4 is 5.78 Å². The van der Waals surface area contributed by atoms with Gasteiger partial charge in [0.2, 0.25) is 0 Å². The monoisotopic (exact) mass is 286 g/mol. The highest BCUT2D eigenvalue weighted by Crippen LogP contribution is 2.42. The summed E-state index contributed by atoms with van der Waals surface area (Å²) in [4.78, 5) is 20.2. The third-order valence-electron chi connectivity index (χ3n) is 5.31. The van der Waals surface area contributed by atoms with Crippen LogP contribution >= 0.6 is 0 Å². The summed E-state index contributed by atoms with van der Waals surface area (Å²) in [5, 5.41) is 2.14. The molecule has 2 atom stereocenters. The maximum Gasteiger partial charge on any atom is 0.165 e. The van der Waals surface area contributed by atoms with Crippen LogP contribution in [0.25, 0.3) is 0 Å². The number of fused-ring (bicyclic) bond motifs is 3. The minimum atomic E-state index is -0.153. The van der Waals surface area contributed by atoms with Gasteiger partial charge in [0.25, 0.3) is 0 Å². The summed E-state index contributed by atoms with van der Waals surface area (Å²) in [6, 6.07) is 10.7. The number of carbonyl (C=O) groups is 1. The van der Waals surface area contributed by atoms with Crippen molar-refractivity contribution in [3.63, 3.8) is 0 Å². The maximum absolute atomic E-state index is 11.8. The van der Waals surface area contributed by atoms with Gasteiger partial charge in [-0.15, -0.1) is 0 Å². The molecule has 4 heteroatoms. The molecule has 112 valence electrons. The van der Waals surface area contributed by atoms with E-state index in [9.17, 15) is 4.79 Å². The summed E-state index contributed by atoms with van der Waals surface area (Å²) in [6.07, 6.45) is 3.65. The number of ketones is 1. The lowest BCUT2D eigenvalue weighted by atomic mass is 9.83. The molecule has 0 amide bonds. The second-order valence-electron chi connectivity index (χ2n) is 6.60. The number of benzene rings is 1. The number of carbonyl (C=O) groups excluding carboxylic acids is 1. The predicted octanol–water partition coefficient (Wildman–Crippen LogP) is 2.00. The van der Waals surface area contributed by atoms with Crippen molar-refractivity contribution in [2.45, 2.75) is 43.9 Å². The molecule has 0 aliphatic carbocycles. The molecule has 3 aliphatic heterocycles. The molecule has 21 heavy (non-hydrogen) atoms. The van der Waals surface area contributed by atoms with Crippen LogP contribution in [0.15, 0.2) is 30.3 Å². The van der Waals surface area contributed by atoms with E-state index < -0.39 is 0 Å². The maximum atomic E-state index is 11.8. The molecule has 3 fully saturated rings. The smallest absolute Gasteiger partial charge is 0.165 e. The molecule has 3 heterocycles. The van der Waals surface area contributed by atoms with Crippen molar-refractivity contribution in [3.05, 3.63) is 35.9 Å². The van der Waals surface area contributed by atoms with Gasteiger partial charge in [-0.3, -0.25) is 14.5 Å². The van der Waals surface area contributed by atoms with Crippen molar-refractivity contribution in [1.82, 2.24) is 9.96 Å². The van der Waals surface area contributed by atoms with Crippen molar-refractivity contribution < 1.29 is 9.63 Å². The van der Waals surface area contributed by atoms with E-state index in [1.54, 1.807) is 0 Å². The molecule has 3 saturated heterocycles. The quantitative estimate of drug-likeness (QED) is 0.832. The fourth-order valence-corrected chi connectivity index (χ4v) is 4.01. The topological polar surface area (TPSA) is 32.8 Å². The summed E-state index contributed by atoms with van der Waals surface area (Å²) in [6.45, 7) is 4.00. The summed E-state index contributed by atoms with van der Waals surface area (Å²) < 4.78 is 0. The van der Waals surface area contributed by atoms with Crippen LogP contribution in [0, 0.1) is 0 Å². The first kappa shape index (κ1) is 13.4. The number of rotatable bonds is 2. The van der Waals surface area contributed by atoms with E-state index in [2.05, 4.69) is 40.3 Å². The average molecular weight is 286 g/mol. The first-order chi connectivity index (χ1) is 10.3. The van der Waals surface area contributed by atoms with Gasteiger partial charge < -0.3 is 0 Å². The van der Waals surface area contributed by atoms with E-state index >= 15 is 0 Å². The molecule has 1 aromatic rings. The van der Waals surface area contributed by atoms with Gasteiger partial charge in [-0.2, -0.15) is 5.06 Å². The van der Waals surface area contributed by atoms with E-state index in [1.165, 1.54) is 5.56 Å². The minimum absolute atomic E-state index is 0.129. The Kier molecular flexibility index (Phi) is 3.32. The molecule has 3 aliphatic rings. The van der Waals surface area contributed by atoms with E-state index in [0.717, 1.165) is 45.4 Å². The SMILES string of the molecule is O=C1CCN2OC1CC21CCN(Cc2ccccc2)CC1. The fraction of sp³-hybridized carbons (Fsp3) is 0.588. The van der Waals surface area contributed by atoms with Crippen LogP contribution in [0.4, 0.5) is 0 Å². The molecule has 2 unspecified atom stereocenters. The van der Waals surface area contributed by atoms with Crippen LogP contribution in [-0.4, -0.2) is 47.0 Å². The Labute approximate surface area is 125 Å². The van der Waals surface area contributed by atoms with E-state index in [1.807, 2.05) is 0 Å². The lowest BCUT2D eigenvalue weighted by molar-refractivity contribution is -0.212. The van der Waals surface area contributed by atoms with Crippen molar-refractivity contribution in [2.24, 2.45) is 0 Å². The first-order valence-corrected chi connectivity index (χ1v) is 7.99. The Bertz CT molecular complexity index is 523. The second kappa shape index (κ2) is 5.20. The number of nitrogens with zero attached hydrogens (tertiary/aromatic N) is 2. The van der Waals surface area contributed by atoms with Crippen LogP contribution < -0.4 is 0 Å². The van der Waals surface area contributed by atoms with Gasteiger partial charge in [0.05, 0.1) is 5.54 Å². The van der Waals surface area contributed by atoms with Crippen LogP contribution in [-0.2, 0) is 16.2 Å². The molecule has 2 bridgehead atoms. The molecule has 0 N–H and O–H groups in total. The average Bonchev–Trinajstić information content (AvgIpc) is 2.81. The van der Waals surface area contributed by atoms with Crippen LogP contribution in [0.3, 0.4) is 0 Å². The Balaban J connectivity index is 1.40. The summed E-state index contributed by atoms with van der Waals surface area (Å²) in [5.74, 6) is 0.301. The van der Waals surface area contributed by atoms with Gasteiger partial charge in [0, 0.05) is 39.0 Å². The standard InChI is InChI=1S/C17H22N2O2/c20-15-6-9-19-17(12-16(15)21-19)7-10-18(11-8-17)13-14-4-2-1-3-5-14/h1-5,16H,6-13H2. The zero-order chi connectivity index (χ0) is 14.3. The summed E-state index contributed by atoms with van der Waals surface area (Å²) >= 11 is 0. The number of Topliss-reactive ketones (excluding diaryl/α,β-unsaturated/α-hetero) is 1. The normalized spacial score (nSPS) is 31.7. The van der Waals surface area contributed by atoms with Gasteiger partial charge in [0.15, 0.2) is 5.78 Å². The highest BCUT2D eigenvalue weighted by Gasteiger charge is 2.52. The van der Waals surface area contributed by atoms with E-state index in [4.69, 9.17) is 4.84 Å². The lowest BCUT2D eigenvalue weighted by Gasteiger charge is -2.43. The number of likely N-dealkylation sites (tertiary alicyclic amines) is 1. The third kappa shape index (κ3) is 2.41. The van der Waals surface area contributed by atoms with Crippen molar-refractivity contribution in [2.75, 3.05) is 19.6 Å². The Morgan fingerprint density at radius 3 is 2.62 bits per heavy atom. The number of piperidine rings is 1. The second-order valence-corrected chi connectivity index (χ2v) is 6.60. The number of hydroxylamine groups is 2. The molecule has 1 spiro atoms. The van der Waals surface area contributed by atoms with Gasteiger partial charge in [0.1, 0.15) is 6.10 Å². The third-order valence-corrected chi connectivity index (χ3v) is 5.31. The molecule has 0 aromatic heterocycles. The molecule has 0 saturated carbocycles. The highest BCUT2D eigenvalue weighted by molar-refractivity contribution is 5.84. The van der Waals surface area contributed by atoms with E-state index in [-0.39, 0.29) is 11.6 Å². The van der Waals surface area contributed by atoms with E-state index in [0.29, 0.717) is 12.2 Å². The molecular weight excluding hydrogens is 264 g/mol. The summed E-state index contributed by atoms with van der Waals surface area (Å²) in [5.41, 5.74) is 1.51. The van der Waals surface area contributed by atoms with Gasteiger partial charge >= 0.3 is 0 Å².